The quantitative estimate of drug-likeness (QED) is 0.190. The van der Waals surface area contributed by atoms with E-state index >= 15 is 4.39 Å². The minimum absolute atomic E-state index is 0.0404. The van der Waals surface area contributed by atoms with Crippen LogP contribution in [0.15, 0.2) is 78.6 Å². The van der Waals surface area contributed by atoms with Crippen LogP contribution in [0.5, 0.6) is 0 Å². The number of halogens is 1. The number of thiazole rings is 1. The first-order chi connectivity index (χ1) is 27.3. The first-order valence-electron chi connectivity index (χ1n) is 19.2. The lowest BCUT2D eigenvalue weighted by Gasteiger charge is -2.36. The Morgan fingerprint density at radius 3 is 2.66 bits per heavy atom. The van der Waals surface area contributed by atoms with E-state index < -0.39 is 23.7 Å². The van der Waals surface area contributed by atoms with Crippen LogP contribution in [0.25, 0.3) is 11.1 Å². The minimum atomic E-state index is -1.04. The maximum absolute atomic E-state index is 15.9. The summed E-state index contributed by atoms with van der Waals surface area (Å²) < 4.78 is 18.0. The molecule has 4 amide bonds. The molecule has 3 saturated heterocycles. The van der Waals surface area contributed by atoms with Gasteiger partial charge in [-0.2, -0.15) is 0 Å². The van der Waals surface area contributed by atoms with Gasteiger partial charge in [-0.15, -0.1) is 11.3 Å². The molecule has 12 nitrogen and oxygen atoms in total. The van der Waals surface area contributed by atoms with Gasteiger partial charge in [0.05, 0.1) is 24.5 Å². The molecule has 2 N–H and O–H groups in total. The summed E-state index contributed by atoms with van der Waals surface area (Å²) in [6.07, 6.45) is 6.96. The maximum Gasteiger partial charge on any atom is 0.255 e. The summed E-state index contributed by atoms with van der Waals surface area (Å²) in [4.78, 5) is 67.3. The van der Waals surface area contributed by atoms with E-state index in [4.69, 9.17) is 0 Å². The second-order valence-corrected chi connectivity index (χ2v) is 16.3. The van der Waals surface area contributed by atoms with Crippen LogP contribution >= 0.6 is 11.3 Å². The lowest BCUT2D eigenvalue weighted by molar-refractivity contribution is -0.134. The normalized spacial score (nSPS) is 22.1. The van der Waals surface area contributed by atoms with Crippen molar-refractivity contribution < 1.29 is 23.6 Å². The van der Waals surface area contributed by atoms with Crippen molar-refractivity contribution in [2.45, 2.75) is 75.8 Å². The van der Waals surface area contributed by atoms with Crippen LogP contribution < -0.4 is 15.5 Å². The van der Waals surface area contributed by atoms with E-state index in [0.29, 0.717) is 41.3 Å². The van der Waals surface area contributed by atoms with Gasteiger partial charge < -0.3 is 14.4 Å². The molecule has 5 aliphatic rings. The molecule has 4 atom stereocenters. The van der Waals surface area contributed by atoms with Crippen molar-refractivity contribution in [3.05, 3.63) is 118 Å². The van der Waals surface area contributed by atoms with Crippen molar-refractivity contribution in [2.24, 2.45) is 0 Å². The second kappa shape index (κ2) is 13.8. The molecule has 5 aromatic rings. The van der Waals surface area contributed by atoms with Gasteiger partial charge in [-0.1, -0.05) is 36.4 Å². The van der Waals surface area contributed by atoms with Gasteiger partial charge >= 0.3 is 0 Å². The maximum atomic E-state index is 15.9. The molecule has 14 heteroatoms. The number of likely N-dealkylation sites (tertiary alicyclic amines) is 1. The smallest absolute Gasteiger partial charge is 0.255 e. The fourth-order valence-electron chi connectivity index (χ4n) is 9.42. The molecule has 7 heterocycles. The lowest BCUT2D eigenvalue weighted by Crippen LogP contribution is -2.46. The molecule has 0 radical (unpaired) electrons. The molecule has 2 bridgehead atoms. The molecule has 3 fully saturated rings. The molecule has 2 unspecified atom stereocenters. The fourth-order valence-corrected chi connectivity index (χ4v) is 9.96. The number of amides is 4. The number of fused-ring (bicyclic) bond motifs is 4. The van der Waals surface area contributed by atoms with E-state index in [1.807, 2.05) is 28.8 Å². The Hall–Kier alpha value is -5.73. The van der Waals surface area contributed by atoms with Gasteiger partial charge in [0, 0.05) is 78.8 Å². The Bertz CT molecular complexity index is 2400. The van der Waals surface area contributed by atoms with Crippen LogP contribution in [0.1, 0.15) is 76.1 Å². The van der Waals surface area contributed by atoms with Crippen LogP contribution in [0.3, 0.4) is 0 Å². The summed E-state index contributed by atoms with van der Waals surface area (Å²) in [5.41, 5.74) is 6.60. The molecule has 10 rings (SSSR count). The molecule has 284 valence electrons. The number of anilines is 2. The van der Waals surface area contributed by atoms with E-state index in [1.54, 1.807) is 24.0 Å². The third-order valence-electron chi connectivity index (χ3n) is 12.2. The van der Waals surface area contributed by atoms with Gasteiger partial charge in [0.1, 0.15) is 5.82 Å². The Morgan fingerprint density at radius 2 is 1.88 bits per heavy atom. The Labute approximate surface area is 326 Å². The largest absolute Gasteiger partial charge is 0.366 e. The molecule has 0 saturated carbocycles. The highest BCUT2D eigenvalue weighted by Crippen LogP contribution is 2.40. The second-order valence-electron chi connectivity index (χ2n) is 15.4. The van der Waals surface area contributed by atoms with E-state index in [1.165, 1.54) is 27.9 Å². The number of aryl methyl sites for hydroxylation is 1. The number of nitrogens with zero attached hydrogens (tertiary/aromatic N) is 6. The molecule has 3 aromatic carbocycles. The van der Waals surface area contributed by atoms with Crippen LogP contribution in [-0.4, -0.2) is 73.1 Å². The number of piperazine rings is 1. The van der Waals surface area contributed by atoms with Gasteiger partial charge in [0.2, 0.25) is 11.8 Å². The standard InChI is InChI=1S/C42H39FN8O4S/c43-34-17-27(16-32-33(34)22-51(41(32)55)38(40(54)47-42-44-12-14-56-42)37-35-5-2-13-48(35)23-45-37)25-6-8-28(9-7-25)50-21-29-18-30(50)20-49(29)19-24-3-1-4-26(15-24)31-10-11-36(52)46-39(31)53/h1,3-4,6-9,12,14-17,23,29-31,38H,2,5,10-11,13,18-22H2,(H,44,47,54)(H,46,52,53)/t29-,30-,31?,38?/m0/s1. The highest BCUT2D eigenvalue weighted by Gasteiger charge is 2.44. The van der Waals surface area contributed by atoms with Gasteiger partial charge in [0.15, 0.2) is 11.2 Å². The number of piperidine rings is 1. The predicted molar refractivity (Wildman–Crippen MR) is 207 cm³/mol. The summed E-state index contributed by atoms with van der Waals surface area (Å²) in [5, 5.41) is 7.51. The van der Waals surface area contributed by atoms with Crippen molar-refractivity contribution in [3.63, 3.8) is 0 Å². The number of carbonyl (C=O) groups is 4. The molecular formula is C42H39FN8O4S. The monoisotopic (exact) mass is 770 g/mol. The van der Waals surface area contributed by atoms with Crippen LogP contribution in [0, 0.1) is 5.82 Å². The highest BCUT2D eigenvalue weighted by molar-refractivity contribution is 7.13. The fraction of sp³-hybridized carbons (Fsp3) is 0.333. The zero-order valence-corrected chi connectivity index (χ0v) is 31.3. The first kappa shape index (κ1) is 34.7. The van der Waals surface area contributed by atoms with Crippen LogP contribution in [-0.2, 0) is 40.4 Å². The summed E-state index contributed by atoms with van der Waals surface area (Å²) in [7, 11) is 0. The Kier molecular flexibility index (Phi) is 8.55. The molecular weight excluding hydrogens is 732 g/mol. The Morgan fingerprint density at radius 1 is 1.00 bits per heavy atom. The summed E-state index contributed by atoms with van der Waals surface area (Å²) in [5.74, 6) is -2.03. The zero-order valence-electron chi connectivity index (χ0n) is 30.5. The van der Waals surface area contributed by atoms with E-state index in [2.05, 4.69) is 54.7 Å². The number of aromatic nitrogens is 3. The predicted octanol–water partition coefficient (Wildman–Crippen LogP) is 5.41. The number of imide groups is 1. The van der Waals surface area contributed by atoms with Gasteiger partial charge in [-0.05, 0) is 72.2 Å². The Balaban J connectivity index is 0.832. The molecule has 0 aliphatic carbocycles. The number of rotatable bonds is 9. The minimum Gasteiger partial charge on any atom is -0.366 e. The number of nitrogens with one attached hydrogen (secondary N) is 2. The number of hydrogen-bond acceptors (Lipinski definition) is 9. The topological polar surface area (TPSA) is 133 Å². The summed E-state index contributed by atoms with van der Waals surface area (Å²) >= 11 is 1.29. The van der Waals surface area contributed by atoms with Crippen molar-refractivity contribution >= 4 is 45.8 Å². The highest BCUT2D eigenvalue weighted by atomic mass is 32.1. The van der Waals surface area contributed by atoms with E-state index in [9.17, 15) is 19.2 Å². The number of imidazole rings is 1. The average Bonchev–Trinajstić information content (AvgIpc) is 4.06. The zero-order chi connectivity index (χ0) is 38.1. The van der Waals surface area contributed by atoms with E-state index in [-0.39, 0.29) is 35.4 Å². The van der Waals surface area contributed by atoms with Crippen molar-refractivity contribution in [2.75, 3.05) is 23.3 Å². The molecule has 0 spiro atoms. The van der Waals surface area contributed by atoms with Crippen LogP contribution in [0.4, 0.5) is 15.2 Å². The third kappa shape index (κ3) is 6.07. The van der Waals surface area contributed by atoms with Crippen molar-refractivity contribution in [3.8, 4) is 11.1 Å². The summed E-state index contributed by atoms with van der Waals surface area (Å²) in [6, 6.07) is 19.3. The molecule has 2 aromatic heterocycles. The number of benzene rings is 3. The summed E-state index contributed by atoms with van der Waals surface area (Å²) in [6.45, 7) is 3.38. The average molecular weight is 771 g/mol. The van der Waals surface area contributed by atoms with Gasteiger partial charge in [-0.3, -0.25) is 34.7 Å². The van der Waals surface area contributed by atoms with E-state index in [0.717, 1.165) is 67.9 Å². The van der Waals surface area contributed by atoms with Crippen molar-refractivity contribution in [1.29, 1.82) is 0 Å². The SMILES string of the molecule is O=C1CCC(c2cccc(CN3C[C@@H]4C[C@H]3CN4c3ccc(-c4cc(F)c5c(c4)C(=O)N(C(C(=O)Nc4nccs4)c4ncn6c4CCC6)C5)cc3)c2)C(=O)N1. The first-order valence-corrected chi connectivity index (χ1v) is 20.1. The number of hydrogen-bond donors (Lipinski definition) is 2. The van der Waals surface area contributed by atoms with Crippen LogP contribution in [0.2, 0.25) is 0 Å². The lowest BCUT2D eigenvalue weighted by atomic mass is 9.89. The molecule has 56 heavy (non-hydrogen) atoms. The van der Waals surface area contributed by atoms with Gasteiger partial charge in [0.25, 0.3) is 11.8 Å². The molecule has 5 aliphatic heterocycles. The van der Waals surface area contributed by atoms with Crippen molar-refractivity contribution in [1.82, 2.24) is 29.7 Å². The number of carbonyl (C=O) groups excluding carboxylic acids is 4. The third-order valence-corrected chi connectivity index (χ3v) is 12.8. The van der Waals surface area contributed by atoms with Gasteiger partial charge in [-0.25, -0.2) is 14.4 Å².